The van der Waals surface area contributed by atoms with Gasteiger partial charge >= 0.3 is 0 Å². The third-order valence-corrected chi connectivity index (χ3v) is 4.62. The highest BCUT2D eigenvalue weighted by molar-refractivity contribution is 14.0. The first-order valence-corrected chi connectivity index (χ1v) is 8.80. The van der Waals surface area contributed by atoms with E-state index in [2.05, 4.69) is 51.6 Å². The molecule has 0 aromatic heterocycles. The zero-order valence-electron chi connectivity index (χ0n) is 14.9. The number of nitrogens with one attached hydrogen (secondary N) is 1. The van der Waals surface area contributed by atoms with Crippen LogP contribution in [-0.4, -0.2) is 32.8 Å². The van der Waals surface area contributed by atoms with Crippen molar-refractivity contribution >= 4 is 35.6 Å². The van der Waals surface area contributed by atoms with Crippen LogP contribution in [0.1, 0.15) is 17.5 Å². The first-order valence-electron chi connectivity index (χ1n) is 8.80. The van der Waals surface area contributed by atoms with Crippen molar-refractivity contribution in [3.63, 3.8) is 0 Å². The third-order valence-electron chi connectivity index (χ3n) is 4.62. The van der Waals surface area contributed by atoms with E-state index in [-0.39, 0.29) is 24.0 Å². The van der Waals surface area contributed by atoms with Crippen molar-refractivity contribution in [3.05, 3.63) is 53.6 Å². The predicted octanol–water partition coefficient (Wildman–Crippen LogP) is 3.60. The zero-order valence-corrected chi connectivity index (χ0v) is 17.2. The van der Waals surface area contributed by atoms with Crippen molar-refractivity contribution in [2.45, 2.75) is 19.4 Å². The first kappa shape index (κ1) is 18.8. The molecule has 2 aromatic rings. The molecule has 2 heterocycles. The summed E-state index contributed by atoms with van der Waals surface area (Å²) in [4.78, 5) is 6.71. The summed E-state index contributed by atoms with van der Waals surface area (Å²) in [5.74, 6) is 2.56. The van der Waals surface area contributed by atoms with Crippen LogP contribution in [0, 0.1) is 0 Å². The van der Waals surface area contributed by atoms with E-state index in [9.17, 15) is 0 Å². The molecule has 2 aliphatic heterocycles. The van der Waals surface area contributed by atoms with Crippen LogP contribution in [0.3, 0.4) is 0 Å². The Bertz CT molecular complexity index is 794. The summed E-state index contributed by atoms with van der Waals surface area (Å²) in [7, 11) is 1.83. The second-order valence-corrected chi connectivity index (χ2v) is 6.26. The number of ether oxygens (including phenoxy) is 2. The van der Waals surface area contributed by atoms with Gasteiger partial charge in [-0.25, -0.2) is 0 Å². The quantitative estimate of drug-likeness (QED) is 0.419. The van der Waals surface area contributed by atoms with Gasteiger partial charge in [-0.1, -0.05) is 24.3 Å². The number of benzene rings is 2. The van der Waals surface area contributed by atoms with Gasteiger partial charge in [0.05, 0.1) is 13.2 Å². The summed E-state index contributed by atoms with van der Waals surface area (Å²) in [6.07, 6.45) is 1.98. The number of nitrogens with zero attached hydrogens (tertiary/aromatic N) is 2. The number of aliphatic imine (C=N–C) groups is 1. The molecule has 4 rings (SSSR count). The number of fused-ring (bicyclic) bond motifs is 2. The molecule has 0 fully saturated rings. The Morgan fingerprint density at radius 2 is 1.92 bits per heavy atom. The molecule has 0 unspecified atom stereocenters. The van der Waals surface area contributed by atoms with Crippen molar-refractivity contribution in [2.24, 2.45) is 4.99 Å². The summed E-state index contributed by atoms with van der Waals surface area (Å²) in [6.45, 7) is 3.07. The second-order valence-electron chi connectivity index (χ2n) is 6.26. The molecule has 0 saturated heterocycles. The van der Waals surface area contributed by atoms with Crippen LogP contribution in [0.5, 0.6) is 11.5 Å². The summed E-state index contributed by atoms with van der Waals surface area (Å²) < 4.78 is 11.5. The Morgan fingerprint density at radius 1 is 1.12 bits per heavy atom. The molecule has 2 aliphatic rings. The van der Waals surface area contributed by atoms with Crippen molar-refractivity contribution in [3.8, 4) is 11.5 Å². The Balaban J connectivity index is 0.00000196. The van der Waals surface area contributed by atoms with Gasteiger partial charge in [0.25, 0.3) is 0 Å². The van der Waals surface area contributed by atoms with Gasteiger partial charge < -0.3 is 19.7 Å². The molecule has 0 aliphatic carbocycles. The third kappa shape index (κ3) is 3.90. The van der Waals surface area contributed by atoms with Crippen LogP contribution in [-0.2, 0) is 13.0 Å². The lowest BCUT2D eigenvalue weighted by molar-refractivity contribution is 0.297. The SMILES string of the molecule is CN=C(NCc1ccc2c(c1)OCCCO2)N1CCc2ccccc21.I. The number of guanidine groups is 1. The topological polar surface area (TPSA) is 46.1 Å². The minimum absolute atomic E-state index is 0. The molecular formula is C20H24IN3O2. The number of hydrogen-bond donors (Lipinski definition) is 1. The molecule has 0 saturated carbocycles. The predicted molar refractivity (Wildman–Crippen MR) is 115 cm³/mol. The molecule has 0 bridgehead atoms. The maximum atomic E-state index is 5.78. The van der Waals surface area contributed by atoms with E-state index >= 15 is 0 Å². The minimum atomic E-state index is 0. The standard InChI is InChI=1S/C20H23N3O2.HI/c1-21-20(23-10-9-16-5-2-3-6-17(16)23)22-14-15-7-8-18-19(13-15)25-12-4-11-24-18;/h2-3,5-8,13H,4,9-12,14H2,1H3,(H,21,22);1H. The summed E-state index contributed by atoms with van der Waals surface area (Å²) in [6, 6.07) is 14.6. The molecule has 1 N–H and O–H groups in total. The Morgan fingerprint density at radius 3 is 2.77 bits per heavy atom. The smallest absolute Gasteiger partial charge is 0.198 e. The van der Waals surface area contributed by atoms with Gasteiger partial charge in [-0.3, -0.25) is 4.99 Å². The second kappa shape index (κ2) is 8.62. The fourth-order valence-corrected chi connectivity index (χ4v) is 3.35. The molecule has 0 atom stereocenters. The van der Waals surface area contributed by atoms with Crippen LogP contribution in [0.4, 0.5) is 5.69 Å². The van der Waals surface area contributed by atoms with Gasteiger partial charge in [0.1, 0.15) is 0 Å². The van der Waals surface area contributed by atoms with Gasteiger partial charge in [-0.05, 0) is 35.7 Å². The van der Waals surface area contributed by atoms with Crippen LogP contribution in [0.15, 0.2) is 47.5 Å². The molecule has 26 heavy (non-hydrogen) atoms. The van der Waals surface area contributed by atoms with Crippen LogP contribution < -0.4 is 19.7 Å². The maximum absolute atomic E-state index is 5.78. The lowest BCUT2D eigenvalue weighted by Crippen LogP contribution is -2.40. The number of para-hydroxylation sites is 1. The maximum Gasteiger partial charge on any atom is 0.198 e. The van der Waals surface area contributed by atoms with E-state index in [0.717, 1.165) is 42.4 Å². The average molecular weight is 465 g/mol. The Hall–Kier alpha value is -1.96. The largest absolute Gasteiger partial charge is 0.490 e. The number of hydrogen-bond acceptors (Lipinski definition) is 3. The highest BCUT2D eigenvalue weighted by Gasteiger charge is 2.22. The Kier molecular flexibility index (Phi) is 6.24. The van der Waals surface area contributed by atoms with Crippen LogP contribution >= 0.6 is 24.0 Å². The van der Waals surface area contributed by atoms with Crippen molar-refractivity contribution in [2.75, 3.05) is 31.7 Å². The molecule has 5 nitrogen and oxygen atoms in total. The number of rotatable bonds is 2. The molecule has 0 radical (unpaired) electrons. The fourth-order valence-electron chi connectivity index (χ4n) is 3.35. The zero-order chi connectivity index (χ0) is 17.1. The van der Waals surface area contributed by atoms with E-state index in [4.69, 9.17) is 9.47 Å². The first-order chi connectivity index (χ1) is 12.3. The lowest BCUT2D eigenvalue weighted by atomic mass is 10.2. The number of halogens is 1. The van der Waals surface area contributed by atoms with E-state index in [1.54, 1.807) is 0 Å². The van der Waals surface area contributed by atoms with Gasteiger partial charge in [-0.15, -0.1) is 24.0 Å². The molecule has 2 aromatic carbocycles. The van der Waals surface area contributed by atoms with Crippen molar-refractivity contribution in [1.29, 1.82) is 0 Å². The van der Waals surface area contributed by atoms with Gasteiger partial charge in [0, 0.05) is 32.2 Å². The van der Waals surface area contributed by atoms with Crippen molar-refractivity contribution < 1.29 is 9.47 Å². The van der Waals surface area contributed by atoms with Gasteiger partial charge in [-0.2, -0.15) is 0 Å². The molecular weight excluding hydrogens is 441 g/mol. The molecule has 0 spiro atoms. The summed E-state index contributed by atoms with van der Waals surface area (Å²) in [5.41, 5.74) is 3.77. The Labute approximate surface area is 171 Å². The average Bonchev–Trinajstić information content (AvgIpc) is 2.93. The molecule has 0 amide bonds. The van der Waals surface area contributed by atoms with Gasteiger partial charge in [0.2, 0.25) is 0 Å². The van der Waals surface area contributed by atoms with Crippen molar-refractivity contribution in [1.82, 2.24) is 5.32 Å². The fraction of sp³-hybridized carbons (Fsp3) is 0.350. The van der Waals surface area contributed by atoms with E-state index in [1.165, 1.54) is 11.3 Å². The normalized spacial score (nSPS) is 15.7. The highest BCUT2D eigenvalue weighted by Crippen LogP contribution is 2.31. The minimum Gasteiger partial charge on any atom is -0.490 e. The summed E-state index contributed by atoms with van der Waals surface area (Å²) in [5, 5.41) is 3.47. The summed E-state index contributed by atoms with van der Waals surface area (Å²) >= 11 is 0. The monoisotopic (exact) mass is 465 g/mol. The van der Waals surface area contributed by atoms with E-state index in [0.29, 0.717) is 19.8 Å². The number of anilines is 1. The van der Waals surface area contributed by atoms with Crippen LogP contribution in [0.25, 0.3) is 0 Å². The van der Waals surface area contributed by atoms with E-state index in [1.807, 2.05) is 13.1 Å². The lowest BCUT2D eigenvalue weighted by Gasteiger charge is -2.22. The van der Waals surface area contributed by atoms with E-state index < -0.39 is 0 Å². The molecule has 6 heteroatoms. The van der Waals surface area contributed by atoms with Crippen LogP contribution in [0.2, 0.25) is 0 Å². The molecule has 138 valence electrons. The highest BCUT2D eigenvalue weighted by atomic mass is 127. The van der Waals surface area contributed by atoms with Gasteiger partial charge in [0.15, 0.2) is 17.5 Å².